The molecule has 2 atom stereocenters. The predicted octanol–water partition coefficient (Wildman–Crippen LogP) is 3.21. The normalized spacial score (nSPS) is 18.6. The van der Waals surface area contributed by atoms with Crippen molar-refractivity contribution in [2.75, 3.05) is 6.54 Å². The minimum absolute atomic E-state index is 0.586. The predicted molar refractivity (Wildman–Crippen MR) is 76.7 cm³/mol. The average molecular weight is 246 g/mol. The Hall–Kier alpha value is -0.890. The van der Waals surface area contributed by atoms with Gasteiger partial charge in [0.05, 0.1) is 0 Å². The lowest BCUT2D eigenvalue weighted by atomic mass is 9.92. The molecule has 2 nitrogen and oxygen atoms in total. The molecule has 2 rings (SSSR count). The van der Waals surface area contributed by atoms with E-state index in [9.17, 15) is 0 Å². The van der Waals surface area contributed by atoms with Gasteiger partial charge in [0.2, 0.25) is 0 Å². The Morgan fingerprint density at radius 3 is 2.61 bits per heavy atom. The molecule has 1 fully saturated rings. The average Bonchev–Trinajstić information content (AvgIpc) is 3.22. The number of rotatable bonds is 7. The van der Waals surface area contributed by atoms with Gasteiger partial charge in [-0.2, -0.15) is 0 Å². The summed E-state index contributed by atoms with van der Waals surface area (Å²) in [6.45, 7) is 7.81. The highest BCUT2D eigenvalue weighted by atomic mass is 14.9. The molecule has 0 saturated heterocycles. The Morgan fingerprint density at radius 1 is 1.33 bits per heavy atom. The summed E-state index contributed by atoms with van der Waals surface area (Å²) in [6, 6.07) is 5.00. The van der Waals surface area contributed by atoms with E-state index in [-0.39, 0.29) is 0 Å². The molecular formula is C16H26N2. The lowest BCUT2D eigenvalue weighted by molar-refractivity contribution is 0.342. The van der Waals surface area contributed by atoms with E-state index >= 15 is 0 Å². The third-order valence-corrected chi connectivity index (χ3v) is 4.19. The van der Waals surface area contributed by atoms with Crippen LogP contribution in [-0.2, 0) is 12.8 Å². The van der Waals surface area contributed by atoms with Crippen LogP contribution in [0.4, 0.5) is 0 Å². The van der Waals surface area contributed by atoms with Crippen LogP contribution in [0.1, 0.15) is 44.9 Å². The van der Waals surface area contributed by atoms with Gasteiger partial charge in [-0.1, -0.05) is 26.8 Å². The molecule has 1 aromatic rings. The van der Waals surface area contributed by atoms with Gasteiger partial charge in [0, 0.05) is 24.4 Å². The Morgan fingerprint density at radius 2 is 2.11 bits per heavy atom. The molecule has 1 aromatic heterocycles. The Balaban J connectivity index is 1.97. The van der Waals surface area contributed by atoms with Gasteiger partial charge in [-0.3, -0.25) is 4.98 Å². The zero-order valence-electron chi connectivity index (χ0n) is 11.9. The standard InChI is InChI=1S/C16H26N2/c1-4-13-6-9-15(18-11-13)10-16(17-5-2)12(3)14-7-8-14/h6,9,11-12,14,16-17H,4-5,7-8,10H2,1-3H3. The minimum Gasteiger partial charge on any atom is -0.314 e. The Bertz CT molecular complexity index is 354. The van der Waals surface area contributed by atoms with Gasteiger partial charge in [-0.15, -0.1) is 0 Å². The van der Waals surface area contributed by atoms with Crippen molar-refractivity contribution in [3.05, 3.63) is 29.6 Å². The highest BCUT2D eigenvalue weighted by molar-refractivity contribution is 5.15. The zero-order chi connectivity index (χ0) is 13.0. The van der Waals surface area contributed by atoms with Gasteiger partial charge < -0.3 is 5.32 Å². The minimum atomic E-state index is 0.586. The van der Waals surface area contributed by atoms with Crippen molar-refractivity contribution < 1.29 is 0 Å². The molecule has 0 spiro atoms. The maximum Gasteiger partial charge on any atom is 0.0419 e. The van der Waals surface area contributed by atoms with Crippen molar-refractivity contribution in [1.82, 2.24) is 10.3 Å². The topological polar surface area (TPSA) is 24.9 Å². The van der Waals surface area contributed by atoms with Crippen molar-refractivity contribution in [1.29, 1.82) is 0 Å². The monoisotopic (exact) mass is 246 g/mol. The molecule has 1 aliphatic rings. The van der Waals surface area contributed by atoms with E-state index in [2.05, 4.69) is 43.2 Å². The third kappa shape index (κ3) is 3.55. The maximum atomic E-state index is 4.59. The van der Waals surface area contributed by atoms with Gasteiger partial charge in [-0.25, -0.2) is 0 Å². The van der Waals surface area contributed by atoms with Gasteiger partial charge in [0.15, 0.2) is 0 Å². The van der Waals surface area contributed by atoms with E-state index in [1.165, 1.54) is 24.1 Å². The second kappa shape index (κ2) is 6.33. The summed E-state index contributed by atoms with van der Waals surface area (Å²) < 4.78 is 0. The number of pyridine rings is 1. The third-order valence-electron chi connectivity index (χ3n) is 4.19. The largest absolute Gasteiger partial charge is 0.314 e. The molecule has 100 valence electrons. The maximum absolute atomic E-state index is 4.59. The van der Waals surface area contributed by atoms with E-state index in [0.717, 1.165) is 31.2 Å². The first-order chi connectivity index (χ1) is 8.74. The highest BCUT2D eigenvalue weighted by Gasteiger charge is 2.32. The SMILES string of the molecule is CCNC(Cc1ccc(CC)cn1)C(C)C1CC1. The summed E-state index contributed by atoms with van der Waals surface area (Å²) in [5.41, 5.74) is 2.56. The summed E-state index contributed by atoms with van der Waals surface area (Å²) in [5, 5.41) is 3.64. The van der Waals surface area contributed by atoms with Gasteiger partial charge in [-0.05, 0) is 49.3 Å². The van der Waals surface area contributed by atoms with Crippen molar-refractivity contribution in [2.24, 2.45) is 11.8 Å². The summed E-state index contributed by atoms with van der Waals surface area (Å²) in [6.07, 6.45) is 7.01. The Kier molecular flexibility index (Phi) is 4.76. The summed E-state index contributed by atoms with van der Waals surface area (Å²) in [4.78, 5) is 4.59. The van der Waals surface area contributed by atoms with Gasteiger partial charge >= 0.3 is 0 Å². The van der Waals surface area contributed by atoms with Crippen LogP contribution in [0.3, 0.4) is 0 Å². The number of hydrogen-bond donors (Lipinski definition) is 1. The molecule has 18 heavy (non-hydrogen) atoms. The highest BCUT2D eigenvalue weighted by Crippen LogP contribution is 2.38. The van der Waals surface area contributed by atoms with Gasteiger partial charge in [0.25, 0.3) is 0 Å². The first-order valence-corrected chi connectivity index (χ1v) is 7.41. The number of nitrogens with one attached hydrogen (secondary N) is 1. The van der Waals surface area contributed by atoms with E-state index in [0.29, 0.717) is 6.04 Å². The van der Waals surface area contributed by atoms with Crippen LogP contribution in [0.15, 0.2) is 18.3 Å². The molecule has 1 saturated carbocycles. The van der Waals surface area contributed by atoms with E-state index in [1.54, 1.807) is 0 Å². The molecular weight excluding hydrogens is 220 g/mol. The number of likely N-dealkylation sites (N-methyl/N-ethyl adjacent to an activating group) is 1. The molecule has 0 bridgehead atoms. The lowest BCUT2D eigenvalue weighted by Gasteiger charge is -2.24. The smallest absolute Gasteiger partial charge is 0.0419 e. The van der Waals surface area contributed by atoms with Crippen molar-refractivity contribution in [3.8, 4) is 0 Å². The van der Waals surface area contributed by atoms with Crippen LogP contribution < -0.4 is 5.32 Å². The first-order valence-electron chi connectivity index (χ1n) is 7.41. The van der Waals surface area contributed by atoms with Crippen LogP contribution in [0.2, 0.25) is 0 Å². The fourth-order valence-corrected chi connectivity index (χ4v) is 2.67. The van der Waals surface area contributed by atoms with E-state index < -0.39 is 0 Å². The number of aromatic nitrogens is 1. The second-order valence-electron chi connectivity index (χ2n) is 5.58. The molecule has 0 amide bonds. The van der Waals surface area contributed by atoms with Crippen molar-refractivity contribution in [2.45, 2.75) is 52.5 Å². The molecule has 1 N–H and O–H groups in total. The van der Waals surface area contributed by atoms with Crippen LogP contribution >= 0.6 is 0 Å². The molecule has 0 aliphatic heterocycles. The second-order valence-corrected chi connectivity index (χ2v) is 5.58. The summed E-state index contributed by atoms with van der Waals surface area (Å²) >= 11 is 0. The number of nitrogens with zero attached hydrogens (tertiary/aromatic N) is 1. The van der Waals surface area contributed by atoms with Crippen LogP contribution in [0.25, 0.3) is 0 Å². The molecule has 1 aliphatic carbocycles. The Labute approximate surface area is 111 Å². The molecule has 0 aromatic carbocycles. The number of aryl methyl sites for hydroxylation is 1. The van der Waals surface area contributed by atoms with Gasteiger partial charge in [0.1, 0.15) is 0 Å². The van der Waals surface area contributed by atoms with E-state index in [4.69, 9.17) is 0 Å². The molecule has 0 radical (unpaired) electrons. The van der Waals surface area contributed by atoms with Crippen LogP contribution in [0, 0.1) is 11.8 Å². The quantitative estimate of drug-likeness (QED) is 0.799. The summed E-state index contributed by atoms with van der Waals surface area (Å²) in [5.74, 6) is 1.72. The fourth-order valence-electron chi connectivity index (χ4n) is 2.67. The number of hydrogen-bond acceptors (Lipinski definition) is 2. The van der Waals surface area contributed by atoms with Crippen LogP contribution in [0.5, 0.6) is 0 Å². The first kappa shape index (κ1) is 13.5. The zero-order valence-corrected chi connectivity index (χ0v) is 11.9. The molecule has 2 unspecified atom stereocenters. The van der Waals surface area contributed by atoms with Crippen molar-refractivity contribution >= 4 is 0 Å². The summed E-state index contributed by atoms with van der Waals surface area (Å²) in [7, 11) is 0. The molecule has 2 heteroatoms. The van der Waals surface area contributed by atoms with Crippen LogP contribution in [-0.4, -0.2) is 17.6 Å². The fraction of sp³-hybridized carbons (Fsp3) is 0.688. The lowest BCUT2D eigenvalue weighted by Crippen LogP contribution is -2.38. The van der Waals surface area contributed by atoms with E-state index in [1.807, 2.05) is 6.20 Å². The molecule has 1 heterocycles. The van der Waals surface area contributed by atoms with Crippen molar-refractivity contribution in [3.63, 3.8) is 0 Å².